The molecule has 0 radical (unpaired) electrons. The molecule has 0 spiro atoms. The first kappa shape index (κ1) is 15.1. The molecule has 1 aromatic heterocycles. The van der Waals surface area contributed by atoms with E-state index in [1.807, 2.05) is 31.2 Å². The molecule has 120 valence electrons. The van der Waals surface area contributed by atoms with E-state index < -0.39 is 6.03 Å². The van der Waals surface area contributed by atoms with Gasteiger partial charge in [-0.25, -0.2) is 4.79 Å². The number of para-hydroxylation sites is 1. The van der Waals surface area contributed by atoms with Crippen LogP contribution in [0, 0.1) is 0 Å². The molecule has 0 bridgehead atoms. The third-order valence-electron chi connectivity index (χ3n) is 4.07. The number of nitrogens with zero attached hydrogens (tertiary/aromatic N) is 1. The van der Waals surface area contributed by atoms with Crippen LogP contribution in [0.1, 0.15) is 18.4 Å². The average molecular weight is 313 g/mol. The summed E-state index contributed by atoms with van der Waals surface area (Å²) in [7, 11) is 1.64. The summed E-state index contributed by atoms with van der Waals surface area (Å²) < 4.78 is 7.06. The van der Waals surface area contributed by atoms with Gasteiger partial charge < -0.3 is 19.9 Å². The molecule has 0 saturated heterocycles. The molecule has 0 unspecified atom stereocenters. The van der Waals surface area contributed by atoms with E-state index in [-0.39, 0.29) is 23.2 Å². The fourth-order valence-corrected chi connectivity index (χ4v) is 2.76. The highest BCUT2D eigenvalue weighted by molar-refractivity contribution is 5.89. The van der Waals surface area contributed by atoms with Crippen LogP contribution in [0.3, 0.4) is 0 Å². The van der Waals surface area contributed by atoms with Crippen LogP contribution >= 0.6 is 0 Å². The van der Waals surface area contributed by atoms with Gasteiger partial charge in [0.25, 0.3) is 5.56 Å². The molecule has 0 aliphatic carbocycles. The molecule has 2 aromatic rings. The van der Waals surface area contributed by atoms with Crippen LogP contribution < -0.4 is 20.9 Å². The lowest BCUT2D eigenvalue weighted by molar-refractivity contribution is 0.244. The number of hydrogen-bond acceptors (Lipinski definition) is 3. The number of pyridine rings is 1. The molecule has 2 N–H and O–H groups in total. The van der Waals surface area contributed by atoms with Gasteiger partial charge in [-0.1, -0.05) is 18.2 Å². The summed E-state index contributed by atoms with van der Waals surface area (Å²) in [5.74, 6) is 0.957. The first-order valence-electron chi connectivity index (χ1n) is 7.51. The predicted octanol–water partition coefficient (Wildman–Crippen LogP) is 2.07. The average Bonchev–Trinajstić information content (AvgIpc) is 2.96. The molecule has 2 heterocycles. The third-order valence-corrected chi connectivity index (χ3v) is 4.07. The second-order valence-corrected chi connectivity index (χ2v) is 5.68. The van der Waals surface area contributed by atoms with Gasteiger partial charge in [0.2, 0.25) is 0 Å². The Kier molecular flexibility index (Phi) is 4.06. The molecule has 1 aliphatic heterocycles. The molecule has 23 heavy (non-hydrogen) atoms. The highest BCUT2D eigenvalue weighted by Gasteiger charge is 2.29. The van der Waals surface area contributed by atoms with E-state index in [1.165, 1.54) is 4.57 Å². The molecule has 3 rings (SSSR count). The van der Waals surface area contributed by atoms with Gasteiger partial charge in [0, 0.05) is 30.8 Å². The number of fused-ring (bicyclic) bond motifs is 1. The van der Waals surface area contributed by atoms with Crippen molar-refractivity contribution in [1.82, 2.24) is 9.88 Å². The lowest BCUT2D eigenvalue weighted by Crippen LogP contribution is -2.41. The van der Waals surface area contributed by atoms with Gasteiger partial charge in [-0.2, -0.15) is 0 Å². The van der Waals surface area contributed by atoms with E-state index in [1.54, 1.807) is 25.4 Å². The molecular weight excluding hydrogens is 294 g/mol. The molecule has 6 nitrogen and oxygen atoms in total. The van der Waals surface area contributed by atoms with Crippen molar-refractivity contribution < 1.29 is 9.53 Å². The van der Waals surface area contributed by atoms with Crippen LogP contribution in [-0.2, 0) is 7.05 Å². The number of aryl methyl sites for hydroxylation is 1. The summed E-state index contributed by atoms with van der Waals surface area (Å²) in [5.41, 5.74) is 1.10. The Balaban J connectivity index is 1.67. The van der Waals surface area contributed by atoms with Crippen molar-refractivity contribution in [2.75, 3.05) is 11.9 Å². The summed E-state index contributed by atoms with van der Waals surface area (Å²) in [4.78, 5) is 24.1. The first-order chi connectivity index (χ1) is 11.1. The van der Waals surface area contributed by atoms with E-state index in [9.17, 15) is 9.59 Å². The maximum absolute atomic E-state index is 12.1. The number of carbonyl (C=O) groups is 1. The van der Waals surface area contributed by atoms with Gasteiger partial charge >= 0.3 is 6.03 Å². The minimum atomic E-state index is -0.398. The number of aromatic nitrogens is 1. The first-order valence-corrected chi connectivity index (χ1v) is 7.51. The van der Waals surface area contributed by atoms with Crippen molar-refractivity contribution in [3.05, 3.63) is 58.5 Å². The standard InChI is InChI=1S/C17H19N3O3/c1-11(13-10-23-15-8-4-3-6-12(13)15)18-17(22)19-14-7-5-9-20(2)16(14)21/h3-9,11,13H,10H2,1-2H3,(H2,18,19,22)/t11-,13-/m1/s1. The molecule has 6 heteroatoms. The predicted molar refractivity (Wildman–Crippen MR) is 88.0 cm³/mol. The summed E-state index contributed by atoms with van der Waals surface area (Å²) >= 11 is 0. The number of carbonyl (C=O) groups excluding carboxylic acids is 1. The van der Waals surface area contributed by atoms with E-state index in [2.05, 4.69) is 10.6 Å². The van der Waals surface area contributed by atoms with E-state index >= 15 is 0 Å². The Morgan fingerprint density at radius 2 is 2.09 bits per heavy atom. The van der Waals surface area contributed by atoms with Gasteiger partial charge in [-0.3, -0.25) is 4.79 Å². The molecule has 1 aliphatic rings. The Bertz CT molecular complexity index is 785. The molecule has 0 saturated carbocycles. The highest BCUT2D eigenvalue weighted by Crippen LogP contribution is 2.35. The minimum Gasteiger partial charge on any atom is -0.493 e. The van der Waals surface area contributed by atoms with Gasteiger partial charge in [0.05, 0.1) is 6.61 Å². The zero-order valence-electron chi connectivity index (χ0n) is 13.1. The smallest absolute Gasteiger partial charge is 0.319 e. The zero-order chi connectivity index (χ0) is 16.4. The third kappa shape index (κ3) is 3.06. The number of rotatable bonds is 3. The van der Waals surface area contributed by atoms with Gasteiger partial charge in [-0.05, 0) is 25.1 Å². The largest absolute Gasteiger partial charge is 0.493 e. The van der Waals surface area contributed by atoms with Crippen LogP contribution in [0.4, 0.5) is 10.5 Å². The van der Waals surface area contributed by atoms with Crippen LogP contribution in [0.15, 0.2) is 47.4 Å². The van der Waals surface area contributed by atoms with Gasteiger partial charge in [-0.15, -0.1) is 0 Å². The molecule has 2 atom stereocenters. The number of anilines is 1. The fourth-order valence-electron chi connectivity index (χ4n) is 2.76. The Hall–Kier alpha value is -2.76. The lowest BCUT2D eigenvalue weighted by atomic mass is 9.94. The second kappa shape index (κ2) is 6.16. The fraction of sp³-hybridized carbons (Fsp3) is 0.294. The van der Waals surface area contributed by atoms with E-state index in [0.717, 1.165) is 11.3 Å². The van der Waals surface area contributed by atoms with Crippen LogP contribution in [0.25, 0.3) is 0 Å². The minimum absolute atomic E-state index is 0.0931. The summed E-state index contributed by atoms with van der Waals surface area (Å²) in [6, 6.07) is 10.6. The zero-order valence-corrected chi connectivity index (χ0v) is 13.1. The monoisotopic (exact) mass is 313 g/mol. The van der Waals surface area contributed by atoms with Crippen LogP contribution in [0.2, 0.25) is 0 Å². The van der Waals surface area contributed by atoms with Crippen molar-refractivity contribution in [3.63, 3.8) is 0 Å². The quantitative estimate of drug-likeness (QED) is 0.911. The normalized spacial score (nSPS) is 17.0. The molecular formula is C17H19N3O3. The van der Waals surface area contributed by atoms with Gasteiger partial charge in [0.1, 0.15) is 11.4 Å². The van der Waals surface area contributed by atoms with E-state index in [4.69, 9.17) is 4.74 Å². The topological polar surface area (TPSA) is 72.4 Å². The Morgan fingerprint density at radius 1 is 1.30 bits per heavy atom. The summed E-state index contributed by atoms with van der Waals surface area (Å²) in [6.07, 6.45) is 1.64. The van der Waals surface area contributed by atoms with Crippen molar-refractivity contribution in [2.45, 2.75) is 18.9 Å². The SMILES string of the molecule is C[C@@H](NC(=O)Nc1cccn(C)c1=O)[C@H]1COc2ccccc21. The van der Waals surface area contributed by atoms with Crippen LogP contribution in [-0.4, -0.2) is 23.2 Å². The van der Waals surface area contributed by atoms with Crippen LogP contribution in [0.5, 0.6) is 5.75 Å². The summed E-state index contributed by atoms with van der Waals surface area (Å²) in [5, 5.41) is 5.48. The van der Waals surface area contributed by atoms with Crippen molar-refractivity contribution in [2.24, 2.45) is 7.05 Å². The van der Waals surface area contributed by atoms with E-state index in [0.29, 0.717) is 6.61 Å². The number of nitrogens with one attached hydrogen (secondary N) is 2. The Morgan fingerprint density at radius 3 is 2.91 bits per heavy atom. The Labute approximate surface area is 134 Å². The number of urea groups is 1. The van der Waals surface area contributed by atoms with Crippen molar-refractivity contribution >= 4 is 11.7 Å². The molecule has 2 amide bonds. The molecule has 1 aromatic carbocycles. The summed E-state index contributed by atoms with van der Waals surface area (Å²) in [6.45, 7) is 2.46. The highest BCUT2D eigenvalue weighted by atomic mass is 16.5. The molecule has 0 fully saturated rings. The van der Waals surface area contributed by atoms with Gasteiger partial charge in [0.15, 0.2) is 0 Å². The van der Waals surface area contributed by atoms with Crippen molar-refractivity contribution in [3.8, 4) is 5.75 Å². The number of benzene rings is 1. The number of amides is 2. The van der Waals surface area contributed by atoms with Crippen molar-refractivity contribution in [1.29, 1.82) is 0 Å². The lowest BCUT2D eigenvalue weighted by Gasteiger charge is -2.20. The second-order valence-electron chi connectivity index (χ2n) is 5.68. The number of ether oxygens (including phenoxy) is 1. The number of hydrogen-bond donors (Lipinski definition) is 2. The maximum Gasteiger partial charge on any atom is 0.319 e. The maximum atomic E-state index is 12.1.